The Labute approximate surface area is 90.3 Å². The molecule has 0 aliphatic heterocycles. The van der Waals surface area contributed by atoms with Crippen LogP contribution in [0.25, 0.3) is 0 Å². The van der Waals surface area contributed by atoms with Crippen LogP contribution in [0.4, 0.5) is 10.1 Å². The van der Waals surface area contributed by atoms with Crippen molar-refractivity contribution in [3.05, 3.63) is 30.3 Å². The quantitative estimate of drug-likeness (QED) is 0.789. The third-order valence-electron chi connectivity index (χ3n) is 1.84. The van der Waals surface area contributed by atoms with Gasteiger partial charge in [0.15, 0.2) is 5.16 Å². The van der Waals surface area contributed by atoms with Crippen LogP contribution >= 0.6 is 11.8 Å². The first-order valence-corrected chi connectivity index (χ1v) is 5.05. The number of nitrogen functional groups attached to an aromatic ring is 1. The molecule has 0 unspecified atom stereocenters. The summed E-state index contributed by atoms with van der Waals surface area (Å²) in [5, 5.41) is 8.36. The lowest BCUT2D eigenvalue weighted by Crippen LogP contribution is -1.92. The summed E-state index contributed by atoms with van der Waals surface area (Å²) in [6, 6.07) is 4.29. The number of aromatic nitrogens is 3. The molecule has 0 spiro atoms. The van der Waals surface area contributed by atoms with Crippen LogP contribution in [-0.4, -0.2) is 14.8 Å². The molecule has 0 bridgehead atoms. The zero-order valence-corrected chi connectivity index (χ0v) is 8.83. The molecule has 0 aliphatic rings. The molecule has 1 heterocycles. The molecule has 2 rings (SSSR count). The summed E-state index contributed by atoms with van der Waals surface area (Å²) < 4.78 is 14.6. The van der Waals surface area contributed by atoms with E-state index >= 15 is 0 Å². The molecule has 2 aromatic rings. The normalized spacial score (nSPS) is 10.5. The molecule has 0 amide bonds. The first kappa shape index (κ1) is 9.97. The van der Waals surface area contributed by atoms with E-state index in [1.54, 1.807) is 17.0 Å². The molecule has 2 N–H and O–H groups in total. The molecule has 0 radical (unpaired) electrons. The number of hydrogen-bond acceptors (Lipinski definition) is 4. The van der Waals surface area contributed by atoms with Crippen molar-refractivity contribution >= 4 is 17.4 Å². The second-order valence-corrected chi connectivity index (χ2v) is 4.02. The van der Waals surface area contributed by atoms with Crippen LogP contribution in [0.1, 0.15) is 0 Å². The van der Waals surface area contributed by atoms with Crippen LogP contribution in [0.3, 0.4) is 0 Å². The predicted molar refractivity (Wildman–Crippen MR) is 55.9 cm³/mol. The summed E-state index contributed by atoms with van der Waals surface area (Å²) >= 11 is 1.35. The highest BCUT2D eigenvalue weighted by Gasteiger charge is 2.07. The van der Waals surface area contributed by atoms with E-state index in [2.05, 4.69) is 10.2 Å². The minimum Gasteiger partial charge on any atom is -0.398 e. The smallest absolute Gasteiger partial charge is 0.195 e. The van der Waals surface area contributed by atoms with Gasteiger partial charge in [-0.25, -0.2) is 4.39 Å². The number of halogens is 1. The summed E-state index contributed by atoms with van der Waals surface area (Å²) in [5.74, 6) is -0.338. The Morgan fingerprint density at radius 3 is 2.87 bits per heavy atom. The highest BCUT2D eigenvalue weighted by atomic mass is 32.2. The minimum atomic E-state index is -0.338. The van der Waals surface area contributed by atoms with Gasteiger partial charge >= 0.3 is 0 Å². The summed E-state index contributed by atoms with van der Waals surface area (Å²) in [6.45, 7) is 0. The predicted octanol–water partition coefficient (Wildman–Crippen LogP) is 1.69. The number of aryl methyl sites for hydroxylation is 1. The van der Waals surface area contributed by atoms with E-state index in [-0.39, 0.29) is 5.82 Å². The third-order valence-corrected chi connectivity index (χ3v) is 2.99. The Morgan fingerprint density at radius 2 is 2.27 bits per heavy atom. The van der Waals surface area contributed by atoms with Crippen LogP contribution in [-0.2, 0) is 7.05 Å². The SMILES string of the molecule is Cn1cnnc1Sc1ccc(F)cc1N. The summed E-state index contributed by atoms with van der Waals surface area (Å²) in [5.41, 5.74) is 6.08. The van der Waals surface area contributed by atoms with Crippen LogP contribution in [0.15, 0.2) is 34.6 Å². The van der Waals surface area contributed by atoms with E-state index < -0.39 is 0 Å². The number of benzene rings is 1. The maximum atomic E-state index is 12.8. The van der Waals surface area contributed by atoms with E-state index in [1.807, 2.05) is 7.05 Å². The van der Waals surface area contributed by atoms with Crippen molar-refractivity contribution in [2.45, 2.75) is 10.1 Å². The molecule has 0 atom stereocenters. The average Bonchev–Trinajstić information content (AvgIpc) is 2.57. The van der Waals surface area contributed by atoms with E-state index in [0.717, 1.165) is 4.90 Å². The van der Waals surface area contributed by atoms with E-state index in [4.69, 9.17) is 5.73 Å². The molecule has 0 fully saturated rings. The Hall–Kier alpha value is -1.56. The molecule has 78 valence electrons. The van der Waals surface area contributed by atoms with Crippen LogP contribution < -0.4 is 5.73 Å². The summed E-state index contributed by atoms with van der Waals surface area (Å²) in [6.07, 6.45) is 1.60. The fraction of sp³-hybridized carbons (Fsp3) is 0.111. The number of anilines is 1. The summed E-state index contributed by atoms with van der Waals surface area (Å²) in [7, 11) is 1.84. The van der Waals surface area contributed by atoms with Crippen LogP contribution in [0.5, 0.6) is 0 Å². The Morgan fingerprint density at radius 1 is 1.47 bits per heavy atom. The van der Waals surface area contributed by atoms with Crippen molar-refractivity contribution in [3.63, 3.8) is 0 Å². The Bertz CT molecular complexity index is 483. The van der Waals surface area contributed by atoms with Crippen LogP contribution in [0, 0.1) is 5.82 Å². The summed E-state index contributed by atoms with van der Waals surface area (Å²) in [4.78, 5) is 0.771. The highest BCUT2D eigenvalue weighted by molar-refractivity contribution is 7.99. The maximum Gasteiger partial charge on any atom is 0.195 e. The third kappa shape index (κ3) is 2.10. The standard InChI is InChI=1S/C9H9FN4S/c1-14-5-12-13-9(14)15-8-3-2-6(10)4-7(8)11/h2-5H,11H2,1H3. The van der Waals surface area contributed by atoms with Gasteiger partial charge in [0.2, 0.25) is 0 Å². The molecular weight excluding hydrogens is 215 g/mol. The number of nitrogens with zero attached hydrogens (tertiary/aromatic N) is 3. The van der Waals surface area contributed by atoms with Crippen molar-refractivity contribution < 1.29 is 4.39 Å². The monoisotopic (exact) mass is 224 g/mol. The first-order chi connectivity index (χ1) is 7.16. The lowest BCUT2D eigenvalue weighted by atomic mass is 10.3. The zero-order valence-electron chi connectivity index (χ0n) is 8.01. The van der Waals surface area contributed by atoms with E-state index in [1.165, 1.54) is 23.9 Å². The number of rotatable bonds is 2. The molecule has 0 saturated heterocycles. The maximum absolute atomic E-state index is 12.8. The van der Waals surface area contributed by atoms with E-state index in [9.17, 15) is 4.39 Å². The molecule has 1 aromatic carbocycles. The molecule has 1 aromatic heterocycles. The van der Waals surface area contributed by atoms with E-state index in [0.29, 0.717) is 10.8 Å². The Balaban J connectivity index is 2.29. The Kier molecular flexibility index (Phi) is 2.59. The molecule has 0 aliphatic carbocycles. The van der Waals surface area contributed by atoms with Gasteiger partial charge in [0.1, 0.15) is 12.1 Å². The van der Waals surface area contributed by atoms with Gasteiger partial charge in [0, 0.05) is 17.6 Å². The molecule has 0 saturated carbocycles. The van der Waals surface area contributed by atoms with Gasteiger partial charge in [-0.05, 0) is 30.0 Å². The highest BCUT2D eigenvalue weighted by Crippen LogP contribution is 2.30. The van der Waals surface area contributed by atoms with Gasteiger partial charge in [0.05, 0.1) is 0 Å². The largest absolute Gasteiger partial charge is 0.398 e. The fourth-order valence-corrected chi connectivity index (χ4v) is 1.86. The number of hydrogen-bond donors (Lipinski definition) is 1. The van der Waals surface area contributed by atoms with Crippen molar-refractivity contribution in [1.29, 1.82) is 0 Å². The van der Waals surface area contributed by atoms with Crippen molar-refractivity contribution in [3.8, 4) is 0 Å². The second kappa shape index (κ2) is 3.90. The zero-order chi connectivity index (χ0) is 10.8. The van der Waals surface area contributed by atoms with Gasteiger partial charge in [-0.3, -0.25) is 0 Å². The van der Waals surface area contributed by atoms with Crippen molar-refractivity contribution in [2.24, 2.45) is 7.05 Å². The van der Waals surface area contributed by atoms with Gasteiger partial charge in [-0.2, -0.15) is 0 Å². The lowest BCUT2D eigenvalue weighted by Gasteiger charge is -2.03. The van der Waals surface area contributed by atoms with Crippen LogP contribution in [0.2, 0.25) is 0 Å². The van der Waals surface area contributed by atoms with Gasteiger partial charge in [-0.15, -0.1) is 10.2 Å². The van der Waals surface area contributed by atoms with Crippen molar-refractivity contribution in [2.75, 3.05) is 5.73 Å². The van der Waals surface area contributed by atoms with Crippen molar-refractivity contribution in [1.82, 2.24) is 14.8 Å². The molecule has 6 heteroatoms. The van der Waals surface area contributed by atoms with Gasteiger partial charge in [-0.1, -0.05) is 0 Å². The molecule has 15 heavy (non-hydrogen) atoms. The second-order valence-electron chi connectivity index (χ2n) is 3.01. The minimum absolute atomic E-state index is 0.338. The molecule has 4 nitrogen and oxygen atoms in total. The number of nitrogens with two attached hydrogens (primary N) is 1. The molecular formula is C9H9FN4S. The lowest BCUT2D eigenvalue weighted by molar-refractivity contribution is 0.627. The first-order valence-electron chi connectivity index (χ1n) is 4.23. The van der Waals surface area contributed by atoms with Gasteiger partial charge < -0.3 is 10.3 Å². The van der Waals surface area contributed by atoms with Gasteiger partial charge in [0.25, 0.3) is 0 Å². The fourth-order valence-electron chi connectivity index (χ4n) is 1.08. The topological polar surface area (TPSA) is 56.7 Å². The average molecular weight is 224 g/mol.